The third-order valence-corrected chi connectivity index (χ3v) is 4.51. The lowest BCUT2D eigenvalue weighted by Gasteiger charge is -2.26. The Morgan fingerprint density at radius 3 is 2.96 bits per heavy atom. The molecule has 0 bridgehead atoms. The lowest BCUT2D eigenvalue weighted by atomic mass is 9.87. The zero-order chi connectivity index (χ0) is 16.8. The molecule has 1 aliphatic carbocycles. The van der Waals surface area contributed by atoms with Crippen molar-refractivity contribution in [3.8, 4) is 5.75 Å². The molecule has 126 valence electrons. The van der Waals surface area contributed by atoms with Crippen LogP contribution >= 0.6 is 0 Å². The summed E-state index contributed by atoms with van der Waals surface area (Å²) in [5.41, 5.74) is 3.84. The van der Waals surface area contributed by atoms with Gasteiger partial charge in [0.25, 0.3) is 0 Å². The number of fused-ring (bicyclic) bond motifs is 1. The molecule has 0 unspecified atom stereocenters. The summed E-state index contributed by atoms with van der Waals surface area (Å²) in [7, 11) is 0. The van der Waals surface area contributed by atoms with Crippen LogP contribution in [0, 0.1) is 6.92 Å². The van der Waals surface area contributed by atoms with Gasteiger partial charge in [-0.05, 0) is 61.4 Å². The molecule has 3 rings (SSSR count). The van der Waals surface area contributed by atoms with Crippen LogP contribution < -0.4 is 10.1 Å². The first-order chi connectivity index (χ1) is 11.7. The summed E-state index contributed by atoms with van der Waals surface area (Å²) in [6, 6.07) is 16.6. The minimum Gasteiger partial charge on any atom is -0.494 e. The summed E-state index contributed by atoms with van der Waals surface area (Å²) < 4.78 is 5.70. The van der Waals surface area contributed by atoms with Crippen LogP contribution in [0.5, 0.6) is 5.75 Å². The van der Waals surface area contributed by atoms with E-state index in [-0.39, 0.29) is 11.9 Å². The number of carbonyl (C=O) groups is 1. The van der Waals surface area contributed by atoms with Gasteiger partial charge in [0.15, 0.2) is 0 Å². The van der Waals surface area contributed by atoms with Crippen LogP contribution in [0.15, 0.2) is 48.5 Å². The van der Waals surface area contributed by atoms with Gasteiger partial charge in [-0.1, -0.05) is 36.4 Å². The predicted octanol–water partition coefficient (Wildman–Crippen LogP) is 4.35. The Balaban J connectivity index is 1.43. The summed E-state index contributed by atoms with van der Waals surface area (Å²) >= 11 is 0. The number of amides is 1. The van der Waals surface area contributed by atoms with E-state index >= 15 is 0 Å². The lowest BCUT2D eigenvalue weighted by Crippen LogP contribution is -2.31. The van der Waals surface area contributed by atoms with Crippen molar-refractivity contribution in [3.63, 3.8) is 0 Å². The fraction of sp³-hybridized carbons (Fsp3) is 0.381. The van der Waals surface area contributed by atoms with Crippen molar-refractivity contribution in [2.24, 2.45) is 0 Å². The van der Waals surface area contributed by atoms with Gasteiger partial charge in [-0.25, -0.2) is 0 Å². The van der Waals surface area contributed by atoms with Crippen molar-refractivity contribution in [3.05, 3.63) is 65.2 Å². The second kappa shape index (κ2) is 8.00. The number of hydrogen-bond donors (Lipinski definition) is 1. The molecule has 0 fully saturated rings. The highest BCUT2D eigenvalue weighted by Gasteiger charge is 2.20. The van der Waals surface area contributed by atoms with E-state index in [1.807, 2.05) is 31.2 Å². The highest BCUT2D eigenvalue weighted by Crippen LogP contribution is 2.29. The monoisotopic (exact) mass is 323 g/mol. The van der Waals surface area contributed by atoms with Crippen molar-refractivity contribution >= 4 is 5.91 Å². The third-order valence-electron chi connectivity index (χ3n) is 4.51. The van der Waals surface area contributed by atoms with Gasteiger partial charge < -0.3 is 10.1 Å². The second-order valence-corrected chi connectivity index (χ2v) is 6.48. The van der Waals surface area contributed by atoms with Gasteiger partial charge in [-0.2, -0.15) is 0 Å². The highest BCUT2D eigenvalue weighted by atomic mass is 16.5. The van der Waals surface area contributed by atoms with Crippen molar-refractivity contribution in [1.82, 2.24) is 5.32 Å². The largest absolute Gasteiger partial charge is 0.494 e. The predicted molar refractivity (Wildman–Crippen MR) is 96.2 cm³/mol. The van der Waals surface area contributed by atoms with Gasteiger partial charge in [0.2, 0.25) is 5.91 Å². The first-order valence-corrected chi connectivity index (χ1v) is 8.79. The Labute approximate surface area is 144 Å². The van der Waals surface area contributed by atoms with Crippen LogP contribution in [0.4, 0.5) is 0 Å². The first kappa shape index (κ1) is 16.6. The number of carbonyl (C=O) groups excluding carboxylic acids is 1. The molecule has 0 radical (unpaired) electrons. The van der Waals surface area contributed by atoms with Crippen LogP contribution in [0.25, 0.3) is 0 Å². The normalized spacial score (nSPS) is 16.3. The quantitative estimate of drug-likeness (QED) is 0.803. The Hall–Kier alpha value is -2.29. The lowest BCUT2D eigenvalue weighted by molar-refractivity contribution is -0.122. The Kier molecular flexibility index (Phi) is 5.52. The molecular formula is C21H25NO2. The van der Waals surface area contributed by atoms with Crippen LogP contribution in [-0.4, -0.2) is 12.5 Å². The minimum atomic E-state index is 0.115. The molecule has 0 aliphatic heterocycles. The van der Waals surface area contributed by atoms with Gasteiger partial charge in [0.1, 0.15) is 5.75 Å². The number of rotatable bonds is 6. The molecule has 3 nitrogen and oxygen atoms in total. The standard InChI is InChI=1S/C21H25NO2/c1-16-7-4-10-18(15-16)24-14-6-13-21(23)22-20-12-5-9-17-8-2-3-11-19(17)20/h2-4,7-8,10-11,15,20H,5-6,9,12-14H2,1H3,(H,22,23)/t20-/m1/s1. The molecule has 24 heavy (non-hydrogen) atoms. The zero-order valence-electron chi connectivity index (χ0n) is 14.3. The summed E-state index contributed by atoms with van der Waals surface area (Å²) in [6.07, 6.45) is 4.52. The van der Waals surface area contributed by atoms with Gasteiger partial charge >= 0.3 is 0 Å². The van der Waals surface area contributed by atoms with E-state index in [4.69, 9.17) is 4.74 Å². The average Bonchev–Trinajstić information content (AvgIpc) is 2.59. The molecule has 1 amide bonds. The zero-order valence-corrected chi connectivity index (χ0v) is 14.3. The SMILES string of the molecule is Cc1cccc(OCCCC(=O)N[C@@H]2CCCc3ccccc32)c1. The van der Waals surface area contributed by atoms with Crippen LogP contribution in [0.3, 0.4) is 0 Å². The maximum atomic E-state index is 12.2. The molecule has 0 heterocycles. The van der Waals surface area contributed by atoms with Gasteiger partial charge in [-0.3, -0.25) is 4.79 Å². The van der Waals surface area contributed by atoms with Crippen LogP contribution in [-0.2, 0) is 11.2 Å². The Morgan fingerprint density at radius 1 is 1.21 bits per heavy atom. The van der Waals surface area contributed by atoms with Crippen molar-refractivity contribution < 1.29 is 9.53 Å². The maximum absolute atomic E-state index is 12.2. The van der Waals surface area contributed by atoms with E-state index in [2.05, 4.69) is 29.6 Å². The van der Waals surface area contributed by atoms with E-state index in [1.54, 1.807) is 0 Å². The third kappa shape index (κ3) is 4.38. The summed E-state index contributed by atoms with van der Waals surface area (Å²) in [5, 5.41) is 3.19. The molecular weight excluding hydrogens is 298 g/mol. The molecule has 0 spiro atoms. The van der Waals surface area contributed by atoms with Crippen molar-refractivity contribution in [2.45, 2.75) is 45.1 Å². The fourth-order valence-corrected chi connectivity index (χ4v) is 3.30. The second-order valence-electron chi connectivity index (χ2n) is 6.48. The van der Waals surface area contributed by atoms with E-state index in [0.29, 0.717) is 13.0 Å². The number of hydrogen-bond acceptors (Lipinski definition) is 2. The number of ether oxygens (including phenoxy) is 1. The topological polar surface area (TPSA) is 38.3 Å². The van der Waals surface area contributed by atoms with Crippen molar-refractivity contribution in [2.75, 3.05) is 6.61 Å². The van der Waals surface area contributed by atoms with Gasteiger partial charge in [-0.15, -0.1) is 0 Å². The summed E-state index contributed by atoms with van der Waals surface area (Å²) in [4.78, 5) is 12.2. The van der Waals surface area contributed by atoms with Crippen molar-refractivity contribution in [1.29, 1.82) is 0 Å². The fourth-order valence-electron chi connectivity index (χ4n) is 3.30. The summed E-state index contributed by atoms with van der Waals surface area (Å²) in [5.74, 6) is 0.987. The average molecular weight is 323 g/mol. The molecule has 3 heteroatoms. The van der Waals surface area contributed by atoms with E-state index in [0.717, 1.165) is 31.4 Å². The first-order valence-electron chi connectivity index (χ1n) is 8.79. The Morgan fingerprint density at radius 2 is 2.08 bits per heavy atom. The van der Waals surface area contributed by atoms with E-state index in [1.165, 1.54) is 16.7 Å². The smallest absolute Gasteiger partial charge is 0.220 e. The van der Waals surface area contributed by atoms with Gasteiger partial charge in [0, 0.05) is 6.42 Å². The number of benzene rings is 2. The molecule has 0 saturated carbocycles. The number of nitrogens with one attached hydrogen (secondary N) is 1. The molecule has 0 aromatic heterocycles. The molecule has 2 aromatic rings. The maximum Gasteiger partial charge on any atom is 0.220 e. The molecule has 1 aliphatic rings. The molecule has 2 aromatic carbocycles. The van der Waals surface area contributed by atoms with E-state index in [9.17, 15) is 4.79 Å². The molecule has 0 saturated heterocycles. The van der Waals surface area contributed by atoms with Crippen LogP contribution in [0.2, 0.25) is 0 Å². The van der Waals surface area contributed by atoms with E-state index < -0.39 is 0 Å². The highest BCUT2D eigenvalue weighted by molar-refractivity contribution is 5.76. The molecule has 1 atom stereocenters. The van der Waals surface area contributed by atoms with Gasteiger partial charge in [0.05, 0.1) is 12.6 Å². The summed E-state index contributed by atoms with van der Waals surface area (Å²) in [6.45, 7) is 2.61. The van der Waals surface area contributed by atoms with Crippen LogP contribution in [0.1, 0.15) is 48.4 Å². The number of aryl methyl sites for hydroxylation is 2. The Bertz CT molecular complexity index is 696. The minimum absolute atomic E-state index is 0.115. The molecule has 1 N–H and O–H groups in total.